The highest BCUT2D eigenvalue weighted by Crippen LogP contribution is 2.28. The monoisotopic (exact) mass is 255 g/mol. The van der Waals surface area contributed by atoms with Crippen LogP contribution >= 0.6 is 0 Å². The van der Waals surface area contributed by atoms with E-state index >= 15 is 0 Å². The van der Waals surface area contributed by atoms with Gasteiger partial charge in [-0.25, -0.2) is 0 Å². The van der Waals surface area contributed by atoms with Crippen molar-refractivity contribution in [2.24, 2.45) is 5.84 Å². The molecule has 0 aliphatic rings. The Morgan fingerprint density at radius 1 is 1.37 bits per heavy atom. The van der Waals surface area contributed by atoms with E-state index in [0.29, 0.717) is 11.3 Å². The van der Waals surface area contributed by atoms with Crippen LogP contribution in [-0.4, -0.2) is 18.1 Å². The second kappa shape index (κ2) is 5.55. The zero-order chi connectivity index (χ0) is 13.8. The lowest BCUT2D eigenvalue weighted by Crippen LogP contribution is -2.21. The van der Waals surface area contributed by atoms with Crippen LogP contribution in [0.2, 0.25) is 0 Å². The number of aromatic nitrogens is 1. The van der Waals surface area contributed by atoms with E-state index < -0.39 is 0 Å². The van der Waals surface area contributed by atoms with E-state index in [1.54, 1.807) is 0 Å². The zero-order valence-corrected chi connectivity index (χ0v) is 11.1. The van der Waals surface area contributed by atoms with Gasteiger partial charge in [0.25, 0.3) is 0 Å². The van der Waals surface area contributed by atoms with Crippen LogP contribution < -0.4 is 16.2 Å². The van der Waals surface area contributed by atoms with E-state index in [-0.39, 0.29) is 0 Å². The molecular weight excluding hydrogens is 238 g/mol. The highest BCUT2D eigenvalue weighted by atomic mass is 15.2. The van der Waals surface area contributed by atoms with Gasteiger partial charge in [0, 0.05) is 30.4 Å². The molecule has 0 saturated heterocycles. The number of hydrogen-bond acceptors (Lipinski definition) is 5. The highest BCUT2D eigenvalue weighted by molar-refractivity contribution is 5.95. The molecule has 1 aromatic heterocycles. The van der Waals surface area contributed by atoms with Crippen molar-refractivity contribution in [3.8, 4) is 6.07 Å². The van der Waals surface area contributed by atoms with E-state index in [2.05, 4.69) is 35.2 Å². The number of anilines is 2. The summed E-state index contributed by atoms with van der Waals surface area (Å²) < 4.78 is 0. The molecule has 0 aliphatic heterocycles. The highest BCUT2D eigenvalue weighted by Gasteiger charge is 2.10. The predicted molar refractivity (Wildman–Crippen MR) is 77.8 cm³/mol. The molecule has 0 amide bonds. The minimum atomic E-state index is 0.451. The van der Waals surface area contributed by atoms with Gasteiger partial charge in [0.2, 0.25) is 0 Å². The molecule has 5 heteroatoms. The second-order valence-electron chi connectivity index (χ2n) is 4.18. The molecule has 0 atom stereocenters. The number of nitrogens with zero attached hydrogens (tertiary/aromatic N) is 3. The van der Waals surface area contributed by atoms with Gasteiger partial charge in [-0.15, -0.1) is 0 Å². The average Bonchev–Trinajstić information content (AvgIpc) is 2.47. The first-order valence-corrected chi connectivity index (χ1v) is 6.29. The van der Waals surface area contributed by atoms with Crippen LogP contribution in [0.1, 0.15) is 19.4 Å². The third-order valence-corrected chi connectivity index (χ3v) is 3.24. The molecule has 2 rings (SSSR count). The first-order valence-electron chi connectivity index (χ1n) is 6.29. The number of pyridine rings is 1. The van der Waals surface area contributed by atoms with Crippen LogP contribution in [0, 0.1) is 11.3 Å². The van der Waals surface area contributed by atoms with Gasteiger partial charge in [-0.3, -0.25) is 10.8 Å². The normalized spacial score (nSPS) is 10.2. The lowest BCUT2D eigenvalue weighted by atomic mass is 10.1. The fourth-order valence-corrected chi connectivity index (χ4v) is 2.21. The lowest BCUT2D eigenvalue weighted by molar-refractivity contribution is 0.867. The van der Waals surface area contributed by atoms with Gasteiger partial charge in [0.15, 0.2) is 0 Å². The Hall–Kier alpha value is -2.32. The van der Waals surface area contributed by atoms with Gasteiger partial charge in [-0.1, -0.05) is 0 Å². The van der Waals surface area contributed by atoms with E-state index in [1.165, 1.54) is 6.20 Å². The van der Waals surface area contributed by atoms with E-state index in [9.17, 15) is 0 Å². The molecule has 0 aliphatic carbocycles. The Bertz CT molecular complexity index is 626. The SMILES string of the molecule is CCN(CC)c1ccc2ncc(C#N)c(NN)c2c1. The van der Waals surface area contributed by atoms with Gasteiger partial charge in [0.05, 0.1) is 16.8 Å². The van der Waals surface area contributed by atoms with Gasteiger partial charge in [0.1, 0.15) is 6.07 Å². The fraction of sp³-hybridized carbons (Fsp3) is 0.286. The van der Waals surface area contributed by atoms with Gasteiger partial charge in [-0.05, 0) is 32.0 Å². The van der Waals surface area contributed by atoms with Crippen molar-refractivity contribution in [2.75, 3.05) is 23.4 Å². The molecule has 0 radical (unpaired) electrons. The third kappa shape index (κ3) is 2.30. The van der Waals surface area contributed by atoms with Crippen molar-refractivity contribution in [1.29, 1.82) is 5.26 Å². The summed E-state index contributed by atoms with van der Waals surface area (Å²) in [5, 5.41) is 9.95. The maximum Gasteiger partial charge on any atom is 0.103 e. The smallest absolute Gasteiger partial charge is 0.103 e. The van der Waals surface area contributed by atoms with Crippen LogP contribution in [0.15, 0.2) is 24.4 Å². The first kappa shape index (κ1) is 13.1. The number of hydrogen-bond donors (Lipinski definition) is 2. The summed E-state index contributed by atoms with van der Waals surface area (Å²) in [6.45, 7) is 6.08. The van der Waals surface area contributed by atoms with Crippen molar-refractivity contribution >= 4 is 22.3 Å². The van der Waals surface area contributed by atoms with Crippen LogP contribution in [0.25, 0.3) is 10.9 Å². The molecule has 0 spiro atoms. The van der Waals surface area contributed by atoms with Crippen LogP contribution in [0.4, 0.5) is 11.4 Å². The van der Waals surface area contributed by atoms with Crippen molar-refractivity contribution in [3.05, 3.63) is 30.0 Å². The largest absolute Gasteiger partial charge is 0.372 e. The number of nitrogens with one attached hydrogen (secondary N) is 1. The summed E-state index contributed by atoms with van der Waals surface area (Å²) in [4.78, 5) is 6.51. The number of benzene rings is 1. The minimum Gasteiger partial charge on any atom is -0.372 e. The van der Waals surface area contributed by atoms with Crippen LogP contribution in [-0.2, 0) is 0 Å². The molecule has 3 N–H and O–H groups in total. The molecule has 0 fully saturated rings. The summed E-state index contributed by atoms with van der Waals surface area (Å²) in [6, 6.07) is 8.10. The molecule has 5 nitrogen and oxygen atoms in total. The van der Waals surface area contributed by atoms with Crippen molar-refractivity contribution in [3.63, 3.8) is 0 Å². The molecule has 1 aromatic carbocycles. The maximum absolute atomic E-state index is 9.08. The summed E-state index contributed by atoms with van der Waals surface area (Å²) in [5.74, 6) is 5.54. The van der Waals surface area contributed by atoms with Gasteiger partial charge in [-0.2, -0.15) is 5.26 Å². The van der Waals surface area contributed by atoms with Crippen molar-refractivity contribution < 1.29 is 0 Å². The maximum atomic E-state index is 9.08. The summed E-state index contributed by atoms with van der Waals surface area (Å²) in [7, 11) is 0. The lowest BCUT2D eigenvalue weighted by Gasteiger charge is -2.21. The molecular formula is C14H17N5. The molecule has 19 heavy (non-hydrogen) atoms. The van der Waals surface area contributed by atoms with Crippen molar-refractivity contribution in [1.82, 2.24) is 4.98 Å². The summed E-state index contributed by atoms with van der Waals surface area (Å²) >= 11 is 0. The average molecular weight is 255 g/mol. The van der Waals surface area contributed by atoms with Gasteiger partial charge < -0.3 is 10.3 Å². The Balaban J connectivity index is 2.66. The summed E-state index contributed by atoms with van der Waals surface area (Å²) in [6.07, 6.45) is 1.54. The zero-order valence-electron chi connectivity index (χ0n) is 11.1. The number of nitriles is 1. The molecule has 0 unspecified atom stereocenters. The van der Waals surface area contributed by atoms with Crippen molar-refractivity contribution in [2.45, 2.75) is 13.8 Å². The number of rotatable bonds is 4. The van der Waals surface area contributed by atoms with E-state index in [1.807, 2.05) is 18.2 Å². The molecule has 1 heterocycles. The van der Waals surface area contributed by atoms with Gasteiger partial charge >= 0.3 is 0 Å². The third-order valence-electron chi connectivity index (χ3n) is 3.24. The second-order valence-corrected chi connectivity index (χ2v) is 4.18. The number of hydrazine groups is 1. The Morgan fingerprint density at radius 3 is 2.68 bits per heavy atom. The summed E-state index contributed by atoms with van der Waals surface area (Å²) in [5.41, 5.74) is 5.61. The topological polar surface area (TPSA) is 78.0 Å². The Labute approximate surface area is 112 Å². The van der Waals surface area contributed by atoms with E-state index in [4.69, 9.17) is 11.1 Å². The molecule has 0 bridgehead atoms. The first-order chi connectivity index (χ1) is 9.24. The Morgan fingerprint density at radius 2 is 2.11 bits per heavy atom. The standard InChI is InChI=1S/C14H17N5/c1-3-19(4-2)11-5-6-13-12(7-11)14(18-16)10(8-15)9-17-13/h5-7,9H,3-4,16H2,1-2H3,(H,17,18). The molecule has 0 saturated carbocycles. The number of nitrogen functional groups attached to an aromatic ring is 1. The van der Waals surface area contributed by atoms with E-state index in [0.717, 1.165) is 29.7 Å². The quantitative estimate of drug-likeness (QED) is 0.647. The molecule has 98 valence electrons. The number of nitrogens with two attached hydrogens (primary N) is 1. The number of fused-ring (bicyclic) bond motifs is 1. The Kier molecular flexibility index (Phi) is 3.83. The molecule has 2 aromatic rings. The van der Waals surface area contributed by atoms with Crippen LogP contribution in [0.3, 0.4) is 0 Å². The predicted octanol–water partition coefficient (Wildman–Crippen LogP) is 2.24. The fourth-order valence-electron chi connectivity index (χ4n) is 2.21. The van der Waals surface area contributed by atoms with Crippen LogP contribution in [0.5, 0.6) is 0 Å². The minimum absolute atomic E-state index is 0.451.